The van der Waals surface area contributed by atoms with E-state index in [0.29, 0.717) is 32.6 Å². The van der Waals surface area contributed by atoms with Crippen molar-refractivity contribution >= 4 is 17.3 Å². The van der Waals surface area contributed by atoms with E-state index >= 15 is 0 Å². The monoisotopic (exact) mass is 438 g/mol. The second kappa shape index (κ2) is 9.74. The van der Waals surface area contributed by atoms with Crippen LogP contribution in [0, 0.1) is 17.6 Å². The van der Waals surface area contributed by atoms with Crippen molar-refractivity contribution < 1.29 is 18.4 Å². The molecule has 2 aromatic rings. The first kappa shape index (κ1) is 22.3. The molecule has 2 aliphatic heterocycles. The van der Waals surface area contributed by atoms with Crippen LogP contribution in [0.2, 0.25) is 0 Å². The number of hydrogen-bond donors (Lipinski definition) is 0. The molecule has 2 aliphatic rings. The number of piperidine rings is 1. The molecule has 0 radical (unpaired) electrons. The number of ketones is 1. The fraction of sp³-hybridized carbons (Fsp3) is 0.385. The molecule has 1 fully saturated rings. The lowest BCUT2D eigenvalue weighted by atomic mass is 9.93. The van der Waals surface area contributed by atoms with E-state index in [4.69, 9.17) is 0 Å². The van der Waals surface area contributed by atoms with E-state index in [1.54, 1.807) is 6.92 Å². The Morgan fingerprint density at radius 3 is 2.44 bits per heavy atom. The number of Topliss-reactive ketones (excluding diaryl/α,β-unsaturated/α-hetero) is 1. The molecule has 6 heteroatoms. The van der Waals surface area contributed by atoms with Gasteiger partial charge in [-0.05, 0) is 49.1 Å². The summed E-state index contributed by atoms with van der Waals surface area (Å²) in [5, 5.41) is 0. The summed E-state index contributed by atoms with van der Waals surface area (Å²) in [5.41, 5.74) is 2.05. The predicted molar refractivity (Wildman–Crippen MR) is 120 cm³/mol. The minimum atomic E-state index is -0.471. The maximum Gasteiger partial charge on any atom is 0.223 e. The Hall–Kier alpha value is -2.86. The van der Waals surface area contributed by atoms with Crippen molar-refractivity contribution in [2.75, 3.05) is 26.2 Å². The number of hydrogen-bond acceptors (Lipinski definition) is 3. The van der Waals surface area contributed by atoms with Gasteiger partial charge in [0.1, 0.15) is 17.4 Å². The van der Waals surface area contributed by atoms with Gasteiger partial charge in [-0.2, -0.15) is 0 Å². The quantitative estimate of drug-likeness (QED) is 0.661. The van der Waals surface area contributed by atoms with Crippen LogP contribution < -0.4 is 0 Å². The second-order valence-corrected chi connectivity index (χ2v) is 8.66. The number of rotatable bonds is 6. The Balaban J connectivity index is 1.46. The molecule has 1 saturated heterocycles. The average molecular weight is 439 g/mol. The van der Waals surface area contributed by atoms with Crippen LogP contribution in [-0.4, -0.2) is 47.7 Å². The maximum atomic E-state index is 14.4. The topological polar surface area (TPSA) is 40.6 Å². The summed E-state index contributed by atoms with van der Waals surface area (Å²) < 4.78 is 28.2. The highest BCUT2D eigenvalue weighted by atomic mass is 19.1. The van der Waals surface area contributed by atoms with Crippen LogP contribution in [0.25, 0.3) is 5.57 Å². The fourth-order valence-electron chi connectivity index (χ4n) is 4.69. The summed E-state index contributed by atoms with van der Waals surface area (Å²) in [7, 11) is 0. The van der Waals surface area contributed by atoms with Gasteiger partial charge in [0.15, 0.2) is 0 Å². The van der Waals surface area contributed by atoms with Crippen molar-refractivity contribution in [2.45, 2.75) is 32.2 Å². The van der Waals surface area contributed by atoms with Crippen LogP contribution in [0.3, 0.4) is 0 Å². The van der Waals surface area contributed by atoms with Crippen LogP contribution in [-0.2, 0) is 9.59 Å². The highest BCUT2D eigenvalue weighted by Gasteiger charge is 2.30. The molecule has 32 heavy (non-hydrogen) atoms. The standard InChI is InChI=1S/C26H28F2N2O2/c1-18(31)19-9-12-29(13-10-19)26(32)11-14-30-17-21(23-16-22(27)7-8-24(23)28)15-25(30)20-5-3-2-4-6-20/h2-8,15-16,19,25H,9-14,17H2,1H3/t25-/m0/s1. The van der Waals surface area contributed by atoms with E-state index in [2.05, 4.69) is 4.90 Å². The van der Waals surface area contributed by atoms with E-state index in [1.165, 1.54) is 6.07 Å². The lowest BCUT2D eigenvalue weighted by Crippen LogP contribution is -2.41. The summed E-state index contributed by atoms with van der Waals surface area (Å²) in [5.74, 6) is -0.586. The zero-order valence-electron chi connectivity index (χ0n) is 18.3. The smallest absolute Gasteiger partial charge is 0.223 e. The molecular weight excluding hydrogens is 410 g/mol. The highest BCUT2D eigenvalue weighted by molar-refractivity contribution is 5.80. The molecule has 4 rings (SSSR count). The number of amides is 1. The molecule has 0 unspecified atom stereocenters. The van der Waals surface area contributed by atoms with Gasteiger partial charge in [-0.3, -0.25) is 14.5 Å². The number of carbonyl (C=O) groups is 2. The number of halogens is 2. The fourth-order valence-corrected chi connectivity index (χ4v) is 4.69. The van der Waals surface area contributed by atoms with Crippen molar-refractivity contribution in [1.29, 1.82) is 0 Å². The Bertz CT molecular complexity index is 1010. The van der Waals surface area contributed by atoms with Gasteiger partial charge >= 0.3 is 0 Å². The molecule has 0 N–H and O–H groups in total. The summed E-state index contributed by atoms with van der Waals surface area (Å²) in [6, 6.07) is 13.3. The molecule has 1 atom stereocenters. The first-order valence-corrected chi connectivity index (χ1v) is 11.2. The molecule has 0 aromatic heterocycles. The van der Waals surface area contributed by atoms with Gasteiger partial charge in [-0.1, -0.05) is 36.4 Å². The van der Waals surface area contributed by atoms with Crippen molar-refractivity contribution in [3.05, 3.63) is 77.4 Å². The third kappa shape index (κ3) is 4.96. The lowest BCUT2D eigenvalue weighted by Gasteiger charge is -2.32. The molecule has 0 bridgehead atoms. The molecule has 2 aromatic carbocycles. The molecule has 1 amide bonds. The van der Waals surface area contributed by atoms with Crippen LogP contribution in [0.4, 0.5) is 8.78 Å². The van der Waals surface area contributed by atoms with Gasteiger partial charge in [0.05, 0.1) is 6.04 Å². The predicted octanol–water partition coefficient (Wildman–Crippen LogP) is 4.62. The van der Waals surface area contributed by atoms with Crippen LogP contribution >= 0.6 is 0 Å². The minimum Gasteiger partial charge on any atom is -0.343 e. The van der Waals surface area contributed by atoms with E-state index < -0.39 is 11.6 Å². The minimum absolute atomic E-state index is 0.0630. The highest BCUT2D eigenvalue weighted by Crippen LogP contribution is 2.35. The van der Waals surface area contributed by atoms with E-state index in [1.807, 2.05) is 41.3 Å². The van der Waals surface area contributed by atoms with E-state index in [-0.39, 0.29) is 29.2 Å². The number of carbonyl (C=O) groups excluding carboxylic acids is 2. The Labute approximate surface area is 187 Å². The van der Waals surface area contributed by atoms with E-state index in [9.17, 15) is 18.4 Å². The molecule has 0 aliphatic carbocycles. The molecule has 0 saturated carbocycles. The zero-order valence-corrected chi connectivity index (χ0v) is 18.3. The molecule has 4 nitrogen and oxygen atoms in total. The Morgan fingerprint density at radius 2 is 1.75 bits per heavy atom. The first-order chi connectivity index (χ1) is 15.4. The summed E-state index contributed by atoms with van der Waals surface area (Å²) >= 11 is 0. The molecule has 0 spiro atoms. The Morgan fingerprint density at radius 1 is 1.03 bits per heavy atom. The number of likely N-dealkylation sites (tertiary alicyclic amines) is 1. The van der Waals surface area contributed by atoms with Crippen LogP contribution in [0.5, 0.6) is 0 Å². The van der Waals surface area contributed by atoms with Crippen molar-refractivity contribution in [1.82, 2.24) is 9.80 Å². The second-order valence-electron chi connectivity index (χ2n) is 8.66. The zero-order chi connectivity index (χ0) is 22.7. The van der Waals surface area contributed by atoms with E-state index in [0.717, 1.165) is 36.1 Å². The molecule has 2 heterocycles. The van der Waals surface area contributed by atoms with Crippen LogP contribution in [0.1, 0.15) is 43.4 Å². The third-order valence-electron chi connectivity index (χ3n) is 6.58. The number of nitrogens with zero attached hydrogens (tertiary/aromatic N) is 2. The average Bonchev–Trinajstić information content (AvgIpc) is 3.23. The van der Waals surface area contributed by atoms with Gasteiger partial charge in [0.25, 0.3) is 0 Å². The SMILES string of the molecule is CC(=O)C1CCN(C(=O)CCN2CC(c3cc(F)ccc3F)=C[C@H]2c2ccccc2)CC1. The summed E-state index contributed by atoms with van der Waals surface area (Å²) in [4.78, 5) is 28.4. The van der Waals surface area contributed by atoms with Crippen molar-refractivity contribution in [3.63, 3.8) is 0 Å². The normalized spacial score (nSPS) is 19.8. The maximum absolute atomic E-state index is 14.4. The third-order valence-corrected chi connectivity index (χ3v) is 6.58. The van der Waals surface area contributed by atoms with Gasteiger partial charge < -0.3 is 4.90 Å². The summed E-state index contributed by atoms with van der Waals surface area (Å²) in [6.45, 7) is 3.80. The largest absolute Gasteiger partial charge is 0.343 e. The molecular formula is C26H28F2N2O2. The lowest BCUT2D eigenvalue weighted by molar-refractivity contribution is -0.135. The van der Waals surface area contributed by atoms with Gasteiger partial charge in [0.2, 0.25) is 5.91 Å². The van der Waals surface area contributed by atoms with Crippen molar-refractivity contribution in [2.24, 2.45) is 5.92 Å². The van der Waals surface area contributed by atoms with Gasteiger partial charge in [-0.15, -0.1) is 0 Å². The van der Waals surface area contributed by atoms with Gasteiger partial charge in [0, 0.05) is 44.1 Å². The van der Waals surface area contributed by atoms with Crippen molar-refractivity contribution in [3.8, 4) is 0 Å². The number of benzene rings is 2. The van der Waals surface area contributed by atoms with Gasteiger partial charge in [-0.25, -0.2) is 8.78 Å². The Kier molecular flexibility index (Phi) is 6.80. The van der Waals surface area contributed by atoms with Crippen LogP contribution in [0.15, 0.2) is 54.6 Å². The summed E-state index contributed by atoms with van der Waals surface area (Å²) in [6.07, 6.45) is 3.76. The molecule has 168 valence electrons. The first-order valence-electron chi connectivity index (χ1n) is 11.2.